The van der Waals surface area contributed by atoms with Crippen molar-refractivity contribution >= 4 is 11.9 Å². The standard InChI is InChI=1S/C12H22N2O4/c1-8(2)10(6-12(16)17)14-11(15)5-9-7-13-3-4-18-9/h8-10,13H,3-7H2,1-2H3,(H,14,15)(H,16,17). The minimum atomic E-state index is -0.899. The fraction of sp³-hybridized carbons (Fsp3) is 0.833. The molecule has 18 heavy (non-hydrogen) atoms. The van der Waals surface area contributed by atoms with E-state index in [0.29, 0.717) is 13.2 Å². The third-order valence-electron chi connectivity index (χ3n) is 2.96. The molecule has 0 aliphatic carbocycles. The zero-order chi connectivity index (χ0) is 13.5. The molecule has 1 aliphatic heterocycles. The van der Waals surface area contributed by atoms with Crippen LogP contribution in [0, 0.1) is 5.92 Å². The Balaban J connectivity index is 2.37. The Morgan fingerprint density at radius 3 is 2.72 bits per heavy atom. The van der Waals surface area contributed by atoms with E-state index in [0.717, 1.165) is 6.54 Å². The fourth-order valence-corrected chi connectivity index (χ4v) is 1.86. The molecule has 6 heteroatoms. The van der Waals surface area contributed by atoms with E-state index in [4.69, 9.17) is 9.84 Å². The van der Waals surface area contributed by atoms with Gasteiger partial charge in [-0.3, -0.25) is 9.59 Å². The van der Waals surface area contributed by atoms with Gasteiger partial charge in [-0.2, -0.15) is 0 Å². The first-order chi connectivity index (χ1) is 8.49. The highest BCUT2D eigenvalue weighted by atomic mass is 16.5. The van der Waals surface area contributed by atoms with Crippen LogP contribution in [0.1, 0.15) is 26.7 Å². The molecule has 0 saturated carbocycles. The molecule has 2 atom stereocenters. The minimum Gasteiger partial charge on any atom is -0.481 e. The molecule has 2 unspecified atom stereocenters. The van der Waals surface area contributed by atoms with Gasteiger partial charge >= 0.3 is 5.97 Å². The van der Waals surface area contributed by atoms with Gasteiger partial charge in [-0.25, -0.2) is 0 Å². The van der Waals surface area contributed by atoms with Crippen LogP contribution in [-0.4, -0.2) is 48.8 Å². The van der Waals surface area contributed by atoms with Gasteiger partial charge in [0.2, 0.25) is 5.91 Å². The molecule has 0 radical (unpaired) electrons. The summed E-state index contributed by atoms with van der Waals surface area (Å²) in [5.41, 5.74) is 0. The van der Waals surface area contributed by atoms with Crippen molar-refractivity contribution in [1.29, 1.82) is 0 Å². The Morgan fingerprint density at radius 1 is 1.50 bits per heavy atom. The number of aliphatic carboxylic acids is 1. The molecule has 1 amide bonds. The smallest absolute Gasteiger partial charge is 0.305 e. The summed E-state index contributed by atoms with van der Waals surface area (Å²) in [6.07, 6.45) is 0.111. The Kier molecular flexibility index (Phi) is 6.07. The van der Waals surface area contributed by atoms with E-state index in [9.17, 15) is 9.59 Å². The maximum absolute atomic E-state index is 11.8. The molecule has 1 rings (SSSR count). The van der Waals surface area contributed by atoms with Crippen LogP contribution in [0.25, 0.3) is 0 Å². The van der Waals surface area contributed by atoms with Crippen LogP contribution in [-0.2, 0) is 14.3 Å². The van der Waals surface area contributed by atoms with Crippen LogP contribution in [0.4, 0.5) is 0 Å². The maximum Gasteiger partial charge on any atom is 0.305 e. The molecule has 0 aromatic heterocycles. The predicted molar refractivity (Wildman–Crippen MR) is 66.2 cm³/mol. The van der Waals surface area contributed by atoms with E-state index in [2.05, 4.69) is 10.6 Å². The van der Waals surface area contributed by atoms with Gasteiger partial charge in [0, 0.05) is 19.1 Å². The first kappa shape index (κ1) is 14.9. The lowest BCUT2D eigenvalue weighted by Crippen LogP contribution is -2.45. The number of carboxylic acids is 1. The number of amides is 1. The second-order valence-corrected chi connectivity index (χ2v) is 4.92. The Bertz CT molecular complexity index is 288. The summed E-state index contributed by atoms with van der Waals surface area (Å²) in [7, 11) is 0. The SMILES string of the molecule is CC(C)C(CC(=O)O)NC(=O)CC1CNCCO1. The summed E-state index contributed by atoms with van der Waals surface area (Å²) in [4.78, 5) is 22.5. The van der Waals surface area contributed by atoms with Crippen LogP contribution in [0.5, 0.6) is 0 Å². The molecule has 0 bridgehead atoms. The molecule has 3 N–H and O–H groups in total. The van der Waals surface area contributed by atoms with Crippen LogP contribution >= 0.6 is 0 Å². The van der Waals surface area contributed by atoms with Gasteiger partial charge in [-0.1, -0.05) is 13.8 Å². The number of carboxylic acid groups (broad SMARTS) is 1. The number of carbonyl (C=O) groups is 2. The van der Waals surface area contributed by atoms with Gasteiger partial charge in [0.1, 0.15) is 0 Å². The van der Waals surface area contributed by atoms with Crippen molar-refractivity contribution < 1.29 is 19.4 Å². The van der Waals surface area contributed by atoms with Gasteiger partial charge in [0.15, 0.2) is 0 Å². The second kappa shape index (κ2) is 7.33. The molecule has 1 fully saturated rings. The van der Waals surface area contributed by atoms with Gasteiger partial charge < -0.3 is 20.5 Å². The summed E-state index contributed by atoms with van der Waals surface area (Å²) < 4.78 is 5.43. The van der Waals surface area contributed by atoms with Crippen molar-refractivity contribution in [3.63, 3.8) is 0 Å². The summed E-state index contributed by atoms with van der Waals surface area (Å²) >= 11 is 0. The molecule has 1 heterocycles. The highest BCUT2D eigenvalue weighted by Gasteiger charge is 2.22. The lowest BCUT2D eigenvalue weighted by atomic mass is 10.0. The molecule has 104 valence electrons. The number of ether oxygens (including phenoxy) is 1. The van der Waals surface area contributed by atoms with E-state index in [1.165, 1.54) is 0 Å². The van der Waals surface area contributed by atoms with E-state index in [-0.39, 0.29) is 36.8 Å². The van der Waals surface area contributed by atoms with E-state index < -0.39 is 5.97 Å². The minimum absolute atomic E-state index is 0.0484. The largest absolute Gasteiger partial charge is 0.481 e. The van der Waals surface area contributed by atoms with Crippen molar-refractivity contribution in [1.82, 2.24) is 10.6 Å². The number of morpholine rings is 1. The van der Waals surface area contributed by atoms with Crippen LogP contribution in [0.15, 0.2) is 0 Å². The Morgan fingerprint density at radius 2 is 2.22 bits per heavy atom. The second-order valence-electron chi connectivity index (χ2n) is 4.92. The highest BCUT2D eigenvalue weighted by molar-refractivity contribution is 5.78. The quantitative estimate of drug-likeness (QED) is 0.623. The van der Waals surface area contributed by atoms with Gasteiger partial charge in [-0.05, 0) is 5.92 Å². The van der Waals surface area contributed by atoms with E-state index >= 15 is 0 Å². The lowest BCUT2D eigenvalue weighted by Gasteiger charge is -2.25. The molecule has 0 aromatic rings. The Hall–Kier alpha value is -1.14. The van der Waals surface area contributed by atoms with Gasteiger partial charge in [0.25, 0.3) is 0 Å². The normalized spacial score (nSPS) is 21.6. The molecule has 6 nitrogen and oxygen atoms in total. The van der Waals surface area contributed by atoms with Crippen molar-refractivity contribution in [2.24, 2.45) is 5.92 Å². The van der Waals surface area contributed by atoms with Crippen molar-refractivity contribution in [3.05, 3.63) is 0 Å². The fourth-order valence-electron chi connectivity index (χ4n) is 1.86. The first-order valence-electron chi connectivity index (χ1n) is 6.32. The molecular formula is C12H22N2O4. The zero-order valence-electron chi connectivity index (χ0n) is 10.9. The Labute approximate surface area is 107 Å². The maximum atomic E-state index is 11.8. The van der Waals surface area contributed by atoms with E-state index in [1.54, 1.807) is 0 Å². The van der Waals surface area contributed by atoms with Gasteiger partial charge in [-0.15, -0.1) is 0 Å². The molecule has 1 saturated heterocycles. The number of rotatable bonds is 6. The van der Waals surface area contributed by atoms with Crippen LogP contribution in [0.2, 0.25) is 0 Å². The average Bonchev–Trinajstić information content (AvgIpc) is 2.28. The summed E-state index contributed by atoms with van der Waals surface area (Å²) in [5.74, 6) is -0.955. The van der Waals surface area contributed by atoms with Gasteiger partial charge in [0.05, 0.1) is 25.6 Å². The zero-order valence-corrected chi connectivity index (χ0v) is 10.9. The van der Waals surface area contributed by atoms with Crippen LogP contribution < -0.4 is 10.6 Å². The summed E-state index contributed by atoms with van der Waals surface area (Å²) in [6, 6.07) is -0.327. The van der Waals surface area contributed by atoms with Crippen molar-refractivity contribution in [2.45, 2.75) is 38.8 Å². The summed E-state index contributed by atoms with van der Waals surface area (Å²) in [6.45, 7) is 5.88. The average molecular weight is 258 g/mol. The number of hydrogen-bond donors (Lipinski definition) is 3. The van der Waals surface area contributed by atoms with Crippen LogP contribution in [0.3, 0.4) is 0 Å². The topological polar surface area (TPSA) is 87.7 Å². The molecule has 0 spiro atoms. The first-order valence-corrected chi connectivity index (χ1v) is 6.32. The highest BCUT2D eigenvalue weighted by Crippen LogP contribution is 2.08. The molecule has 0 aromatic carbocycles. The third-order valence-corrected chi connectivity index (χ3v) is 2.96. The number of hydrogen-bond acceptors (Lipinski definition) is 4. The monoisotopic (exact) mass is 258 g/mol. The van der Waals surface area contributed by atoms with E-state index in [1.807, 2.05) is 13.8 Å². The third kappa shape index (κ3) is 5.46. The van der Waals surface area contributed by atoms with Crippen molar-refractivity contribution in [2.75, 3.05) is 19.7 Å². The number of carbonyl (C=O) groups excluding carboxylic acids is 1. The molecular weight excluding hydrogens is 236 g/mol. The van der Waals surface area contributed by atoms with Crippen molar-refractivity contribution in [3.8, 4) is 0 Å². The summed E-state index contributed by atoms with van der Waals surface area (Å²) in [5, 5.41) is 14.7. The predicted octanol–water partition coefficient (Wildman–Crippen LogP) is -0.0196. The lowest BCUT2D eigenvalue weighted by molar-refractivity contribution is -0.138. The number of nitrogens with one attached hydrogen (secondary N) is 2. The molecule has 1 aliphatic rings.